The summed E-state index contributed by atoms with van der Waals surface area (Å²) < 4.78 is 0. The minimum atomic E-state index is 0. The molecule has 0 aromatic rings. The molecular weight excluding hydrogens is 1200 g/mol. The molecule has 4 fully saturated rings. The van der Waals surface area contributed by atoms with E-state index in [1.807, 2.05) is 49.9 Å². The average molecular weight is 1310 g/mol. The number of hydrogen-bond donors (Lipinski definition) is 0. The van der Waals surface area contributed by atoms with E-state index in [0.29, 0.717) is 0 Å². The first-order valence-electron chi connectivity index (χ1n) is 24.2. The van der Waals surface area contributed by atoms with E-state index in [4.69, 9.17) is 0 Å². The van der Waals surface area contributed by atoms with Crippen LogP contribution in [0.2, 0.25) is 0 Å². The van der Waals surface area contributed by atoms with E-state index in [2.05, 4.69) is 122 Å². The minimum absolute atomic E-state index is 0. The standard InChI is InChI=1S/C8H17N.C7H15N.3C6H13N.3C5H11N.C4H9N.5Y/c1-9-7-5-3-2-4-6-8-9;1-8-6-4-2-3-5-7-8;1-7-5-3-2-4-6-7;1-4-5-6-7(2)3;1-4-6-7(3)5-2;1-6-4-2-3-5-6;1-4-5-6(2)3;1-4-6(3)5-2;1-4-5(2)3;;;;;/h2-8H2,1H3;2-7H2,1H3;2-6H2,1H3;2*1-2,4-6H2,3H3;2-5H2,1H3;2*1-2,4-5H2,3H3;1-2,4H2,3H3;;;;;/q;;;2*-2;;3*-2;;;;;. The summed E-state index contributed by atoms with van der Waals surface area (Å²) in [6.07, 6.45) is 24.1. The fraction of sp³-hybridized carbons (Fsp3) is 0.808. The second-order valence-electron chi connectivity index (χ2n) is 17.4. The van der Waals surface area contributed by atoms with E-state index in [0.717, 1.165) is 71.5 Å². The number of unbranched alkanes of at least 4 members (excludes halogenated alkanes) is 1. The first-order chi connectivity index (χ1) is 29.0. The van der Waals surface area contributed by atoms with Gasteiger partial charge in [0.1, 0.15) is 0 Å². The monoisotopic (exact) mass is 1310 g/mol. The van der Waals surface area contributed by atoms with Gasteiger partial charge in [-0.2, -0.15) is 25.8 Å². The van der Waals surface area contributed by atoms with Crippen LogP contribution in [0.3, 0.4) is 0 Å². The van der Waals surface area contributed by atoms with Crippen molar-refractivity contribution >= 4 is 0 Å². The third-order valence-corrected chi connectivity index (χ3v) is 10.2. The van der Waals surface area contributed by atoms with E-state index in [-0.39, 0.29) is 164 Å². The molecule has 0 aliphatic carbocycles. The number of hydrogen-bond acceptors (Lipinski definition) is 9. The second-order valence-corrected chi connectivity index (χ2v) is 17.4. The van der Waals surface area contributed by atoms with Crippen molar-refractivity contribution in [3.8, 4) is 0 Å². The Hall–Kier alpha value is 5.16. The van der Waals surface area contributed by atoms with Crippen molar-refractivity contribution in [3.63, 3.8) is 0 Å². The molecule has 0 bridgehead atoms. The number of piperidine rings is 1. The largest absolute Gasteiger partial charge is 0.487 e. The molecule has 0 unspecified atom stereocenters. The van der Waals surface area contributed by atoms with Crippen LogP contribution in [0.25, 0.3) is 0 Å². The summed E-state index contributed by atoms with van der Waals surface area (Å²) in [5.74, 6) is 0. The molecule has 4 heterocycles. The fourth-order valence-corrected chi connectivity index (χ4v) is 5.71. The maximum atomic E-state index is 3.70. The van der Waals surface area contributed by atoms with Gasteiger partial charge in [-0.25, -0.2) is 0 Å². The molecular formula is C52H113N9Y5-10. The topological polar surface area (TPSA) is 29.2 Å². The first kappa shape index (κ1) is 93.6. The SMILES string of the molecule is CN1CCCC1.CN1CCCCC1.CN1CCCCCC1.CN1CCCCCCC1.[CH2-]CCCN([CH2-])C.[CH2-]CCN(C)C[CH2-].[CH2-]CCN([CH2-])C.[CH2-]CN(C)C[CH2-].[CH2-]CN([CH2-])C.[Y].[Y].[Y].[Y].[Y]. The summed E-state index contributed by atoms with van der Waals surface area (Å²) in [5, 5.41) is 0. The quantitative estimate of drug-likeness (QED) is 0.188. The smallest absolute Gasteiger partial charge is 0 e. The van der Waals surface area contributed by atoms with Gasteiger partial charge in [0.25, 0.3) is 0 Å². The van der Waals surface area contributed by atoms with Gasteiger partial charge >= 0.3 is 0 Å². The van der Waals surface area contributed by atoms with E-state index < -0.39 is 0 Å². The average Bonchev–Trinajstić information content (AvgIpc) is 3.59. The van der Waals surface area contributed by atoms with E-state index >= 15 is 0 Å². The van der Waals surface area contributed by atoms with Gasteiger partial charge in [-0.1, -0.05) is 51.5 Å². The Balaban J connectivity index is -0.0000000665. The number of likely N-dealkylation sites (tertiary alicyclic amines) is 4. The first-order valence-corrected chi connectivity index (χ1v) is 24.2. The summed E-state index contributed by atoms with van der Waals surface area (Å²) in [6.45, 7) is 42.6. The van der Waals surface area contributed by atoms with Crippen LogP contribution in [0.4, 0.5) is 0 Å². The summed E-state index contributed by atoms with van der Waals surface area (Å²) >= 11 is 0. The summed E-state index contributed by atoms with van der Waals surface area (Å²) in [5.41, 5.74) is 0. The zero-order chi connectivity index (χ0) is 47.5. The summed E-state index contributed by atoms with van der Waals surface area (Å²) in [4.78, 5) is 19.3. The van der Waals surface area contributed by atoms with E-state index in [9.17, 15) is 0 Å². The molecule has 0 amide bonds. The van der Waals surface area contributed by atoms with Crippen LogP contribution in [0.15, 0.2) is 0 Å². The molecule has 0 spiro atoms. The van der Waals surface area contributed by atoms with Gasteiger partial charge in [-0.15, -0.1) is 19.6 Å². The van der Waals surface area contributed by atoms with Crippen LogP contribution in [-0.2, 0) is 164 Å². The van der Waals surface area contributed by atoms with Crippen molar-refractivity contribution in [2.24, 2.45) is 0 Å². The second kappa shape index (κ2) is 79.0. The van der Waals surface area contributed by atoms with Crippen molar-refractivity contribution in [2.75, 3.05) is 162 Å². The Morgan fingerprint density at radius 1 is 0.303 bits per heavy atom. The molecule has 14 heteroatoms. The molecule has 391 valence electrons. The van der Waals surface area contributed by atoms with Gasteiger partial charge in [0.2, 0.25) is 0 Å². The predicted octanol–water partition coefficient (Wildman–Crippen LogP) is 9.54. The van der Waals surface area contributed by atoms with Crippen LogP contribution < -0.4 is 0 Å². The van der Waals surface area contributed by atoms with Crippen molar-refractivity contribution in [3.05, 3.63) is 69.6 Å². The molecule has 0 N–H and O–H groups in total. The fourth-order valence-electron chi connectivity index (χ4n) is 5.71. The predicted molar refractivity (Wildman–Crippen MR) is 280 cm³/mol. The van der Waals surface area contributed by atoms with Crippen molar-refractivity contribution in [2.45, 2.75) is 116 Å². The Morgan fingerprint density at radius 2 is 0.530 bits per heavy atom. The van der Waals surface area contributed by atoms with Gasteiger partial charge in [0.05, 0.1) is 0 Å². The maximum absolute atomic E-state index is 3.70. The Labute approximate surface area is 546 Å². The summed E-state index contributed by atoms with van der Waals surface area (Å²) in [6, 6.07) is 0. The van der Waals surface area contributed by atoms with Gasteiger partial charge in [0, 0.05) is 164 Å². The zero-order valence-electron chi connectivity index (χ0n) is 46.3. The zero-order valence-corrected chi connectivity index (χ0v) is 60.5. The molecule has 9 nitrogen and oxygen atoms in total. The van der Waals surface area contributed by atoms with Crippen molar-refractivity contribution in [1.82, 2.24) is 44.1 Å². The van der Waals surface area contributed by atoms with Gasteiger partial charge in [-0.3, -0.25) is 21.1 Å². The molecule has 66 heavy (non-hydrogen) atoms. The minimum Gasteiger partial charge on any atom is -0.487 e. The van der Waals surface area contributed by atoms with E-state index in [1.54, 1.807) is 4.90 Å². The molecule has 4 rings (SSSR count). The number of rotatable bonds is 11. The maximum Gasteiger partial charge on any atom is 0 e. The van der Waals surface area contributed by atoms with Crippen LogP contribution >= 0.6 is 0 Å². The Kier molecular flexibility index (Phi) is 112. The molecule has 0 saturated carbocycles. The Bertz CT molecular complexity index is 730. The van der Waals surface area contributed by atoms with Gasteiger partial charge in [-0.05, 0) is 180 Å². The van der Waals surface area contributed by atoms with Crippen molar-refractivity contribution < 1.29 is 164 Å². The molecule has 0 aromatic carbocycles. The Morgan fingerprint density at radius 3 is 0.652 bits per heavy atom. The molecule has 5 radical (unpaired) electrons. The molecule has 4 saturated heterocycles. The molecule has 4 aliphatic rings. The molecule has 0 aromatic heterocycles. The van der Waals surface area contributed by atoms with Gasteiger partial charge < -0.3 is 92.6 Å². The van der Waals surface area contributed by atoms with Crippen molar-refractivity contribution in [1.29, 1.82) is 0 Å². The van der Waals surface area contributed by atoms with Crippen LogP contribution in [0.5, 0.6) is 0 Å². The van der Waals surface area contributed by atoms with Crippen LogP contribution in [0, 0.1) is 69.6 Å². The van der Waals surface area contributed by atoms with E-state index in [1.165, 1.54) is 142 Å². The van der Waals surface area contributed by atoms with Crippen LogP contribution in [-0.4, -0.2) is 206 Å². The van der Waals surface area contributed by atoms with Gasteiger partial charge in [0.15, 0.2) is 0 Å². The molecule has 4 aliphatic heterocycles. The summed E-state index contributed by atoms with van der Waals surface area (Å²) in [7, 11) is 29.5. The number of nitrogens with zero attached hydrogens (tertiary/aromatic N) is 9. The normalized spacial score (nSPS) is 16.2. The third-order valence-electron chi connectivity index (χ3n) is 10.2. The molecule has 0 atom stereocenters. The van der Waals surface area contributed by atoms with Crippen LogP contribution in [0.1, 0.15) is 116 Å². The third kappa shape index (κ3) is 98.3.